The second-order valence-corrected chi connectivity index (χ2v) is 4.08. The molecular weight excluding hydrogens is 176 g/mol. The number of hydrogen-bond acceptors (Lipinski definition) is 3. The van der Waals surface area contributed by atoms with Gasteiger partial charge in [-0.3, -0.25) is 4.90 Å². The molecule has 1 N–H and O–H groups in total. The third-order valence-corrected chi connectivity index (χ3v) is 2.95. The van der Waals surface area contributed by atoms with Crippen LogP contribution in [0.4, 0.5) is 0 Å². The molecule has 0 amide bonds. The van der Waals surface area contributed by atoms with Gasteiger partial charge in [0.2, 0.25) is 0 Å². The van der Waals surface area contributed by atoms with Gasteiger partial charge in [-0.15, -0.1) is 0 Å². The normalized spacial score (nSPS) is 26.4. The van der Waals surface area contributed by atoms with E-state index in [0.29, 0.717) is 12.1 Å². The maximum atomic E-state index is 5.43. The number of rotatable bonds is 5. The number of morpholine rings is 1. The van der Waals surface area contributed by atoms with E-state index in [2.05, 4.69) is 31.0 Å². The molecule has 1 rings (SSSR count). The molecule has 0 radical (unpaired) electrons. The van der Waals surface area contributed by atoms with Crippen LogP contribution in [0, 0.1) is 0 Å². The smallest absolute Gasteiger partial charge is 0.0619 e. The summed E-state index contributed by atoms with van der Waals surface area (Å²) in [5, 5.41) is 3.52. The molecule has 14 heavy (non-hydrogen) atoms. The summed E-state index contributed by atoms with van der Waals surface area (Å²) in [6.45, 7) is 11.8. The van der Waals surface area contributed by atoms with Gasteiger partial charge in [0.25, 0.3) is 0 Å². The second-order valence-electron chi connectivity index (χ2n) is 4.08. The standard InChI is InChI=1S/C11H24N2O/c1-4-11(12-5-2)8-13-6-7-14-9-10(13)3/h10-12H,4-9H2,1-3H3. The van der Waals surface area contributed by atoms with E-state index in [0.717, 1.165) is 32.8 Å². The Morgan fingerprint density at radius 1 is 1.50 bits per heavy atom. The maximum absolute atomic E-state index is 5.43. The monoisotopic (exact) mass is 200 g/mol. The summed E-state index contributed by atoms with van der Waals surface area (Å²) in [5.41, 5.74) is 0. The molecule has 1 aliphatic heterocycles. The Hall–Kier alpha value is -0.120. The van der Waals surface area contributed by atoms with Gasteiger partial charge in [0.15, 0.2) is 0 Å². The second kappa shape index (κ2) is 6.38. The van der Waals surface area contributed by atoms with Crippen molar-refractivity contribution < 1.29 is 4.74 Å². The number of ether oxygens (including phenoxy) is 1. The SMILES string of the molecule is CCNC(CC)CN1CCOCC1C. The van der Waals surface area contributed by atoms with E-state index >= 15 is 0 Å². The molecule has 1 fully saturated rings. The number of nitrogens with one attached hydrogen (secondary N) is 1. The molecule has 3 heteroatoms. The largest absolute Gasteiger partial charge is 0.379 e. The van der Waals surface area contributed by atoms with E-state index in [9.17, 15) is 0 Å². The average molecular weight is 200 g/mol. The average Bonchev–Trinajstić information content (AvgIpc) is 2.20. The number of likely N-dealkylation sites (N-methyl/N-ethyl adjacent to an activating group) is 1. The summed E-state index contributed by atoms with van der Waals surface area (Å²) >= 11 is 0. The third-order valence-electron chi connectivity index (χ3n) is 2.95. The molecule has 0 saturated carbocycles. The van der Waals surface area contributed by atoms with Gasteiger partial charge in [-0.05, 0) is 19.9 Å². The fourth-order valence-corrected chi connectivity index (χ4v) is 1.94. The predicted molar refractivity (Wildman–Crippen MR) is 59.6 cm³/mol. The Labute approximate surface area is 87.8 Å². The van der Waals surface area contributed by atoms with Gasteiger partial charge >= 0.3 is 0 Å². The highest BCUT2D eigenvalue weighted by Gasteiger charge is 2.20. The van der Waals surface area contributed by atoms with Crippen molar-refractivity contribution in [1.82, 2.24) is 10.2 Å². The topological polar surface area (TPSA) is 24.5 Å². The maximum Gasteiger partial charge on any atom is 0.0619 e. The first-order valence-corrected chi connectivity index (χ1v) is 5.83. The summed E-state index contributed by atoms with van der Waals surface area (Å²) in [4.78, 5) is 2.53. The van der Waals surface area contributed by atoms with Crippen molar-refractivity contribution in [3.05, 3.63) is 0 Å². The van der Waals surface area contributed by atoms with Gasteiger partial charge in [-0.25, -0.2) is 0 Å². The van der Waals surface area contributed by atoms with Crippen LogP contribution in [0.5, 0.6) is 0 Å². The van der Waals surface area contributed by atoms with Crippen molar-refractivity contribution in [2.75, 3.05) is 32.8 Å². The van der Waals surface area contributed by atoms with Crippen LogP contribution in [-0.2, 0) is 4.74 Å². The summed E-state index contributed by atoms with van der Waals surface area (Å²) in [5.74, 6) is 0. The van der Waals surface area contributed by atoms with Crippen molar-refractivity contribution in [1.29, 1.82) is 0 Å². The van der Waals surface area contributed by atoms with Gasteiger partial charge < -0.3 is 10.1 Å². The van der Waals surface area contributed by atoms with Gasteiger partial charge in [-0.2, -0.15) is 0 Å². The molecule has 0 aromatic carbocycles. The van der Waals surface area contributed by atoms with Crippen molar-refractivity contribution in [3.8, 4) is 0 Å². The highest BCUT2D eigenvalue weighted by atomic mass is 16.5. The van der Waals surface area contributed by atoms with Crippen LogP contribution >= 0.6 is 0 Å². The Balaban J connectivity index is 2.31. The van der Waals surface area contributed by atoms with E-state index in [1.165, 1.54) is 6.42 Å². The first-order valence-electron chi connectivity index (χ1n) is 5.83. The molecule has 0 aromatic heterocycles. The van der Waals surface area contributed by atoms with E-state index in [1.807, 2.05) is 0 Å². The first kappa shape index (κ1) is 12.0. The Bertz CT molecular complexity index is 152. The summed E-state index contributed by atoms with van der Waals surface area (Å²) in [6, 6.07) is 1.22. The van der Waals surface area contributed by atoms with Crippen LogP contribution in [0.3, 0.4) is 0 Å². The molecule has 1 heterocycles. The molecule has 3 nitrogen and oxygen atoms in total. The highest BCUT2D eigenvalue weighted by molar-refractivity contribution is 4.76. The lowest BCUT2D eigenvalue weighted by Gasteiger charge is -2.35. The molecular formula is C11H24N2O. The summed E-state index contributed by atoms with van der Waals surface area (Å²) < 4.78 is 5.43. The number of nitrogens with zero attached hydrogens (tertiary/aromatic N) is 1. The lowest BCUT2D eigenvalue weighted by atomic mass is 10.1. The van der Waals surface area contributed by atoms with Gasteiger partial charge in [0.1, 0.15) is 0 Å². The molecule has 84 valence electrons. The summed E-state index contributed by atoms with van der Waals surface area (Å²) in [6.07, 6.45) is 1.21. The van der Waals surface area contributed by atoms with Crippen LogP contribution in [0.25, 0.3) is 0 Å². The van der Waals surface area contributed by atoms with Crippen LogP contribution in [0.2, 0.25) is 0 Å². The van der Waals surface area contributed by atoms with Crippen molar-refractivity contribution in [3.63, 3.8) is 0 Å². The minimum Gasteiger partial charge on any atom is -0.379 e. The first-order chi connectivity index (χ1) is 6.77. The highest BCUT2D eigenvalue weighted by Crippen LogP contribution is 2.07. The predicted octanol–water partition coefficient (Wildman–Crippen LogP) is 1.10. The molecule has 1 saturated heterocycles. The van der Waals surface area contributed by atoms with E-state index in [-0.39, 0.29) is 0 Å². The van der Waals surface area contributed by atoms with E-state index in [1.54, 1.807) is 0 Å². The zero-order chi connectivity index (χ0) is 10.4. The van der Waals surface area contributed by atoms with Gasteiger partial charge in [0, 0.05) is 25.2 Å². The molecule has 0 bridgehead atoms. The number of hydrogen-bond donors (Lipinski definition) is 1. The van der Waals surface area contributed by atoms with Crippen LogP contribution in [0.1, 0.15) is 27.2 Å². The van der Waals surface area contributed by atoms with Crippen LogP contribution in [0.15, 0.2) is 0 Å². The Morgan fingerprint density at radius 2 is 2.29 bits per heavy atom. The fourth-order valence-electron chi connectivity index (χ4n) is 1.94. The minimum absolute atomic E-state index is 0.580. The lowest BCUT2D eigenvalue weighted by molar-refractivity contribution is -0.00443. The van der Waals surface area contributed by atoms with E-state index in [4.69, 9.17) is 4.74 Å². The molecule has 0 spiro atoms. The lowest BCUT2D eigenvalue weighted by Crippen LogP contribution is -2.49. The van der Waals surface area contributed by atoms with Crippen LogP contribution in [-0.4, -0.2) is 49.8 Å². The van der Waals surface area contributed by atoms with Crippen LogP contribution < -0.4 is 5.32 Å². The van der Waals surface area contributed by atoms with Crippen molar-refractivity contribution >= 4 is 0 Å². The van der Waals surface area contributed by atoms with Gasteiger partial charge in [0.05, 0.1) is 13.2 Å². The summed E-state index contributed by atoms with van der Waals surface area (Å²) in [7, 11) is 0. The quantitative estimate of drug-likeness (QED) is 0.719. The zero-order valence-electron chi connectivity index (χ0n) is 9.75. The molecule has 0 aliphatic carbocycles. The molecule has 1 aliphatic rings. The molecule has 2 unspecified atom stereocenters. The Kier molecular flexibility index (Phi) is 5.45. The van der Waals surface area contributed by atoms with Crippen molar-refractivity contribution in [2.45, 2.75) is 39.3 Å². The zero-order valence-corrected chi connectivity index (χ0v) is 9.75. The third kappa shape index (κ3) is 3.56. The Morgan fingerprint density at radius 3 is 2.86 bits per heavy atom. The van der Waals surface area contributed by atoms with Gasteiger partial charge in [-0.1, -0.05) is 13.8 Å². The molecule has 2 atom stereocenters. The van der Waals surface area contributed by atoms with E-state index < -0.39 is 0 Å². The minimum atomic E-state index is 0.580. The molecule has 0 aromatic rings. The van der Waals surface area contributed by atoms with Crippen molar-refractivity contribution in [2.24, 2.45) is 0 Å². The fraction of sp³-hybridized carbons (Fsp3) is 1.00.